The number of amides is 1. The fourth-order valence-corrected chi connectivity index (χ4v) is 2.60. The molecule has 2 aromatic rings. The number of aryl methyl sites for hydroxylation is 1. The second kappa shape index (κ2) is 6.01. The molecule has 2 heterocycles. The zero-order chi connectivity index (χ0) is 15.5. The molecule has 0 saturated carbocycles. The van der Waals surface area contributed by atoms with E-state index in [9.17, 15) is 4.79 Å². The third kappa shape index (κ3) is 2.86. The van der Waals surface area contributed by atoms with Crippen molar-refractivity contribution in [1.82, 2.24) is 14.9 Å². The lowest BCUT2D eigenvalue weighted by atomic mass is 10.1. The van der Waals surface area contributed by atoms with Gasteiger partial charge in [-0.05, 0) is 30.7 Å². The van der Waals surface area contributed by atoms with E-state index in [0.29, 0.717) is 24.3 Å². The number of aromatic nitrogens is 2. The SMILES string of the molecule is Cc1ccc(N)cc1C(=O)N1CCN(c2ncccn2)CC1. The molecule has 0 unspecified atom stereocenters. The lowest BCUT2D eigenvalue weighted by molar-refractivity contribution is 0.0745. The van der Waals surface area contributed by atoms with Gasteiger partial charge in [0.25, 0.3) is 5.91 Å². The van der Waals surface area contributed by atoms with Gasteiger partial charge in [-0.15, -0.1) is 0 Å². The van der Waals surface area contributed by atoms with Gasteiger partial charge in [0.2, 0.25) is 5.95 Å². The molecule has 0 spiro atoms. The van der Waals surface area contributed by atoms with Crippen molar-refractivity contribution in [3.05, 3.63) is 47.8 Å². The molecule has 22 heavy (non-hydrogen) atoms. The number of rotatable bonds is 2. The van der Waals surface area contributed by atoms with Gasteiger partial charge in [0, 0.05) is 49.8 Å². The van der Waals surface area contributed by atoms with E-state index in [0.717, 1.165) is 24.6 Å². The van der Waals surface area contributed by atoms with Crippen LogP contribution in [0, 0.1) is 6.92 Å². The fourth-order valence-electron chi connectivity index (χ4n) is 2.60. The molecule has 1 saturated heterocycles. The molecular weight excluding hydrogens is 278 g/mol. The monoisotopic (exact) mass is 297 g/mol. The summed E-state index contributed by atoms with van der Waals surface area (Å²) in [5, 5.41) is 0. The predicted octanol–water partition coefficient (Wildman–Crippen LogP) is 1.33. The zero-order valence-corrected chi connectivity index (χ0v) is 12.6. The summed E-state index contributed by atoms with van der Waals surface area (Å²) in [4.78, 5) is 25.1. The van der Waals surface area contributed by atoms with Crippen LogP contribution < -0.4 is 10.6 Å². The molecule has 0 atom stereocenters. The van der Waals surface area contributed by atoms with Crippen molar-refractivity contribution >= 4 is 17.5 Å². The highest BCUT2D eigenvalue weighted by Gasteiger charge is 2.24. The molecule has 3 rings (SSSR count). The van der Waals surface area contributed by atoms with Crippen LogP contribution in [0.1, 0.15) is 15.9 Å². The number of carbonyl (C=O) groups excluding carboxylic acids is 1. The van der Waals surface area contributed by atoms with E-state index in [1.807, 2.05) is 24.0 Å². The first-order chi connectivity index (χ1) is 10.6. The van der Waals surface area contributed by atoms with Gasteiger partial charge in [0.1, 0.15) is 0 Å². The van der Waals surface area contributed by atoms with Gasteiger partial charge in [-0.1, -0.05) is 6.07 Å². The zero-order valence-electron chi connectivity index (χ0n) is 12.6. The molecule has 1 aromatic carbocycles. The molecule has 1 aliphatic heterocycles. The van der Waals surface area contributed by atoms with Gasteiger partial charge >= 0.3 is 0 Å². The summed E-state index contributed by atoms with van der Waals surface area (Å²) in [5.74, 6) is 0.758. The Morgan fingerprint density at radius 1 is 1.14 bits per heavy atom. The third-order valence-electron chi connectivity index (χ3n) is 3.89. The molecule has 114 valence electrons. The maximum absolute atomic E-state index is 12.6. The predicted molar refractivity (Wildman–Crippen MR) is 85.7 cm³/mol. The molecule has 6 nitrogen and oxygen atoms in total. The first kappa shape index (κ1) is 14.3. The number of piperazine rings is 1. The van der Waals surface area contributed by atoms with Gasteiger partial charge in [-0.2, -0.15) is 0 Å². The number of nitrogens with two attached hydrogens (primary N) is 1. The fraction of sp³-hybridized carbons (Fsp3) is 0.312. The van der Waals surface area contributed by atoms with E-state index in [1.54, 1.807) is 24.5 Å². The van der Waals surface area contributed by atoms with E-state index < -0.39 is 0 Å². The Hall–Kier alpha value is -2.63. The number of benzene rings is 1. The molecule has 0 radical (unpaired) electrons. The van der Waals surface area contributed by atoms with E-state index >= 15 is 0 Å². The summed E-state index contributed by atoms with van der Waals surface area (Å²) in [6.07, 6.45) is 3.46. The number of nitrogen functional groups attached to an aromatic ring is 1. The summed E-state index contributed by atoms with van der Waals surface area (Å²) in [7, 11) is 0. The second-order valence-corrected chi connectivity index (χ2v) is 5.40. The molecular formula is C16H19N5O. The van der Waals surface area contributed by atoms with Crippen LogP contribution in [0.4, 0.5) is 11.6 Å². The van der Waals surface area contributed by atoms with Crippen LogP contribution in [0.3, 0.4) is 0 Å². The van der Waals surface area contributed by atoms with Gasteiger partial charge in [-0.3, -0.25) is 4.79 Å². The highest BCUT2D eigenvalue weighted by molar-refractivity contribution is 5.96. The Labute approximate surface area is 129 Å². The van der Waals surface area contributed by atoms with Crippen LogP contribution in [0.2, 0.25) is 0 Å². The molecule has 1 aliphatic rings. The summed E-state index contributed by atoms with van der Waals surface area (Å²) >= 11 is 0. The van der Waals surface area contributed by atoms with Crippen molar-refractivity contribution in [2.75, 3.05) is 36.8 Å². The Morgan fingerprint density at radius 2 is 1.82 bits per heavy atom. The van der Waals surface area contributed by atoms with Crippen molar-refractivity contribution in [1.29, 1.82) is 0 Å². The van der Waals surface area contributed by atoms with Crippen molar-refractivity contribution < 1.29 is 4.79 Å². The van der Waals surface area contributed by atoms with Crippen LogP contribution in [-0.2, 0) is 0 Å². The van der Waals surface area contributed by atoms with Crippen molar-refractivity contribution in [3.63, 3.8) is 0 Å². The lowest BCUT2D eigenvalue weighted by Gasteiger charge is -2.35. The number of nitrogens with zero attached hydrogens (tertiary/aromatic N) is 4. The normalized spacial score (nSPS) is 15.0. The molecule has 2 N–H and O–H groups in total. The Bertz CT molecular complexity index is 665. The van der Waals surface area contributed by atoms with Gasteiger partial charge in [0.05, 0.1) is 0 Å². The Kier molecular flexibility index (Phi) is 3.91. The van der Waals surface area contributed by atoms with E-state index in [-0.39, 0.29) is 5.91 Å². The average Bonchev–Trinajstić information content (AvgIpc) is 2.57. The molecule has 1 fully saturated rings. The van der Waals surface area contributed by atoms with Gasteiger partial charge in [-0.25, -0.2) is 9.97 Å². The smallest absolute Gasteiger partial charge is 0.254 e. The third-order valence-corrected chi connectivity index (χ3v) is 3.89. The van der Waals surface area contributed by atoms with Crippen molar-refractivity contribution in [2.45, 2.75) is 6.92 Å². The molecule has 0 aliphatic carbocycles. The summed E-state index contributed by atoms with van der Waals surface area (Å²) in [6, 6.07) is 7.25. The summed E-state index contributed by atoms with van der Waals surface area (Å²) in [6.45, 7) is 4.71. The largest absolute Gasteiger partial charge is 0.399 e. The van der Waals surface area contributed by atoms with E-state index in [4.69, 9.17) is 5.73 Å². The molecule has 1 aromatic heterocycles. The first-order valence-corrected chi connectivity index (χ1v) is 7.32. The standard InChI is InChI=1S/C16H19N5O/c1-12-3-4-13(17)11-14(12)15(22)20-7-9-21(10-8-20)16-18-5-2-6-19-16/h2-6,11H,7-10,17H2,1H3. The number of carbonyl (C=O) groups is 1. The quantitative estimate of drug-likeness (QED) is 0.846. The van der Waals surface area contributed by atoms with Gasteiger partial charge < -0.3 is 15.5 Å². The minimum atomic E-state index is 0.0402. The number of hydrogen-bond acceptors (Lipinski definition) is 5. The van der Waals surface area contributed by atoms with Crippen LogP contribution in [0.25, 0.3) is 0 Å². The van der Waals surface area contributed by atoms with E-state index in [1.165, 1.54) is 0 Å². The van der Waals surface area contributed by atoms with E-state index in [2.05, 4.69) is 14.9 Å². The summed E-state index contributed by atoms with van der Waals surface area (Å²) < 4.78 is 0. The van der Waals surface area contributed by atoms with Crippen LogP contribution in [0.15, 0.2) is 36.7 Å². The van der Waals surface area contributed by atoms with Crippen LogP contribution in [-0.4, -0.2) is 47.0 Å². The van der Waals surface area contributed by atoms with Crippen molar-refractivity contribution in [3.8, 4) is 0 Å². The minimum Gasteiger partial charge on any atom is -0.399 e. The number of anilines is 2. The Morgan fingerprint density at radius 3 is 2.50 bits per heavy atom. The molecule has 6 heteroatoms. The summed E-state index contributed by atoms with van der Waals surface area (Å²) in [5.41, 5.74) is 8.05. The second-order valence-electron chi connectivity index (χ2n) is 5.40. The highest BCUT2D eigenvalue weighted by Crippen LogP contribution is 2.17. The van der Waals surface area contributed by atoms with Crippen LogP contribution >= 0.6 is 0 Å². The minimum absolute atomic E-state index is 0.0402. The molecule has 1 amide bonds. The molecule has 0 bridgehead atoms. The van der Waals surface area contributed by atoms with Crippen molar-refractivity contribution in [2.24, 2.45) is 0 Å². The van der Waals surface area contributed by atoms with Gasteiger partial charge in [0.15, 0.2) is 0 Å². The average molecular weight is 297 g/mol. The maximum Gasteiger partial charge on any atom is 0.254 e. The lowest BCUT2D eigenvalue weighted by Crippen LogP contribution is -2.49. The highest BCUT2D eigenvalue weighted by atomic mass is 16.2. The number of hydrogen-bond donors (Lipinski definition) is 1. The topological polar surface area (TPSA) is 75.4 Å². The maximum atomic E-state index is 12.6. The van der Waals surface area contributed by atoms with Crippen LogP contribution in [0.5, 0.6) is 0 Å². The Balaban J connectivity index is 1.68. The first-order valence-electron chi connectivity index (χ1n) is 7.32.